The zero-order chi connectivity index (χ0) is 15.2. The van der Waals surface area contributed by atoms with Gasteiger partial charge in [0, 0.05) is 12.8 Å². The third kappa shape index (κ3) is 5.03. The summed E-state index contributed by atoms with van der Waals surface area (Å²) >= 11 is 0. The number of nitrogens with one attached hydrogen (secondary N) is 2. The van der Waals surface area contributed by atoms with Crippen molar-refractivity contribution in [1.29, 1.82) is 0 Å². The van der Waals surface area contributed by atoms with Crippen molar-refractivity contribution in [3.8, 4) is 12.3 Å². The molecule has 0 aliphatic rings. The highest BCUT2D eigenvalue weighted by molar-refractivity contribution is 7.90. The van der Waals surface area contributed by atoms with E-state index in [4.69, 9.17) is 6.42 Å². The van der Waals surface area contributed by atoms with Crippen LogP contribution in [-0.2, 0) is 21.2 Å². The standard InChI is InChI=1S/C14H18N2O3S/c1-4-9-15-14(17)11(2)16-10-12-5-7-13(8-6-12)20(3,18)19/h1,5-8,11,16H,9-10H2,2-3H3,(H,15,17). The normalized spacial score (nSPS) is 12.4. The maximum atomic E-state index is 11.6. The van der Waals surface area contributed by atoms with E-state index in [1.165, 1.54) is 0 Å². The molecule has 0 heterocycles. The van der Waals surface area contributed by atoms with Crippen molar-refractivity contribution in [3.63, 3.8) is 0 Å². The third-order valence-corrected chi connectivity index (χ3v) is 3.85. The Morgan fingerprint density at radius 1 is 1.35 bits per heavy atom. The van der Waals surface area contributed by atoms with E-state index in [0.717, 1.165) is 11.8 Å². The summed E-state index contributed by atoms with van der Waals surface area (Å²) in [4.78, 5) is 11.8. The molecule has 5 nitrogen and oxygen atoms in total. The molecule has 0 fully saturated rings. The lowest BCUT2D eigenvalue weighted by molar-refractivity contribution is -0.122. The third-order valence-electron chi connectivity index (χ3n) is 2.72. The number of benzene rings is 1. The summed E-state index contributed by atoms with van der Waals surface area (Å²) in [5.74, 6) is 2.16. The van der Waals surface area contributed by atoms with Crippen LogP contribution in [0.4, 0.5) is 0 Å². The van der Waals surface area contributed by atoms with Crippen LogP contribution in [0.25, 0.3) is 0 Å². The summed E-state index contributed by atoms with van der Waals surface area (Å²) in [5.41, 5.74) is 0.897. The lowest BCUT2D eigenvalue weighted by atomic mass is 10.2. The van der Waals surface area contributed by atoms with Gasteiger partial charge in [-0.2, -0.15) is 0 Å². The highest BCUT2D eigenvalue weighted by Gasteiger charge is 2.11. The lowest BCUT2D eigenvalue weighted by Gasteiger charge is -2.13. The summed E-state index contributed by atoms with van der Waals surface area (Å²) < 4.78 is 22.6. The van der Waals surface area contributed by atoms with Crippen molar-refractivity contribution < 1.29 is 13.2 Å². The Morgan fingerprint density at radius 2 is 1.95 bits per heavy atom. The molecule has 1 aromatic carbocycles. The average Bonchev–Trinajstić information content (AvgIpc) is 2.41. The van der Waals surface area contributed by atoms with Crippen molar-refractivity contribution >= 4 is 15.7 Å². The largest absolute Gasteiger partial charge is 0.344 e. The number of terminal acetylenes is 1. The SMILES string of the molecule is C#CCNC(=O)C(C)NCc1ccc(S(C)(=O)=O)cc1. The number of carbonyl (C=O) groups excluding carboxylic acids is 1. The Hall–Kier alpha value is -1.84. The molecule has 1 rings (SSSR count). The topological polar surface area (TPSA) is 75.3 Å². The molecule has 0 aliphatic heterocycles. The Morgan fingerprint density at radius 3 is 2.45 bits per heavy atom. The van der Waals surface area contributed by atoms with Gasteiger partial charge in [-0.25, -0.2) is 8.42 Å². The van der Waals surface area contributed by atoms with Crippen LogP contribution in [-0.4, -0.2) is 33.2 Å². The molecule has 0 radical (unpaired) electrons. The molecule has 0 saturated heterocycles. The highest BCUT2D eigenvalue weighted by Crippen LogP contribution is 2.10. The molecule has 2 N–H and O–H groups in total. The van der Waals surface area contributed by atoms with Crippen LogP contribution in [0.15, 0.2) is 29.2 Å². The van der Waals surface area contributed by atoms with Gasteiger partial charge < -0.3 is 10.6 Å². The zero-order valence-electron chi connectivity index (χ0n) is 11.5. The van der Waals surface area contributed by atoms with E-state index in [2.05, 4.69) is 16.6 Å². The van der Waals surface area contributed by atoms with E-state index in [0.29, 0.717) is 6.54 Å². The fourth-order valence-electron chi connectivity index (χ4n) is 1.51. The van der Waals surface area contributed by atoms with Gasteiger partial charge in [0.1, 0.15) is 0 Å². The molecular formula is C14H18N2O3S. The van der Waals surface area contributed by atoms with Crippen molar-refractivity contribution in [2.75, 3.05) is 12.8 Å². The monoisotopic (exact) mass is 294 g/mol. The summed E-state index contributed by atoms with van der Waals surface area (Å²) in [6.07, 6.45) is 6.22. The van der Waals surface area contributed by atoms with Crippen LogP contribution < -0.4 is 10.6 Å². The van der Waals surface area contributed by atoms with Crippen molar-refractivity contribution in [1.82, 2.24) is 10.6 Å². The van der Waals surface area contributed by atoms with Gasteiger partial charge in [0.05, 0.1) is 17.5 Å². The first-order valence-electron chi connectivity index (χ1n) is 6.08. The molecule has 1 amide bonds. The minimum absolute atomic E-state index is 0.171. The molecule has 1 atom stereocenters. The van der Waals surface area contributed by atoms with Gasteiger partial charge >= 0.3 is 0 Å². The lowest BCUT2D eigenvalue weighted by Crippen LogP contribution is -2.41. The van der Waals surface area contributed by atoms with E-state index in [1.807, 2.05) is 0 Å². The van der Waals surface area contributed by atoms with Gasteiger partial charge in [0.15, 0.2) is 9.84 Å². The number of amides is 1. The maximum absolute atomic E-state index is 11.6. The number of rotatable bonds is 6. The van der Waals surface area contributed by atoms with Crippen molar-refractivity contribution in [3.05, 3.63) is 29.8 Å². The van der Waals surface area contributed by atoms with Gasteiger partial charge in [-0.15, -0.1) is 6.42 Å². The molecule has 108 valence electrons. The molecule has 0 saturated carbocycles. The minimum atomic E-state index is -3.18. The van der Waals surface area contributed by atoms with Gasteiger partial charge in [0.2, 0.25) is 5.91 Å². The molecule has 0 aromatic heterocycles. The minimum Gasteiger partial charge on any atom is -0.344 e. The molecule has 1 aromatic rings. The van der Waals surface area contributed by atoms with E-state index in [9.17, 15) is 13.2 Å². The Balaban J connectivity index is 2.54. The van der Waals surface area contributed by atoms with Crippen LogP contribution in [0, 0.1) is 12.3 Å². The van der Waals surface area contributed by atoms with Crippen molar-refractivity contribution in [2.45, 2.75) is 24.4 Å². The molecule has 20 heavy (non-hydrogen) atoms. The second-order valence-corrected chi connectivity index (χ2v) is 6.46. The molecule has 1 unspecified atom stereocenters. The van der Waals surface area contributed by atoms with E-state index >= 15 is 0 Å². The van der Waals surface area contributed by atoms with Gasteiger partial charge in [-0.1, -0.05) is 18.1 Å². The second-order valence-electron chi connectivity index (χ2n) is 4.44. The highest BCUT2D eigenvalue weighted by atomic mass is 32.2. The first-order valence-corrected chi connectivity index (χ1v) is 7.97. The number of sulfone groups is 1. The van der Waals surface area contributed by atoms with Crippen LogP contribution >= 0.6 is 0 Å². The van der Waals surface area contributed by atoms with Crippen molar-refractivity contribution in [2.24, 2.45) is 0 Å². The summed E-state index contributed by atoms with van der Waals surface area (Å²) in [7, 11) is -3.18. The first kappa shape index (κ1) is 16.2. The maximum Gasteiger partial charge on any atom is 0.237 e. The van der Waals surface area contributed by atoms with Gasteiger partial charge in [0.25, 0.3) is 0 Å². The van der Waals surface area contributed by atoms with E-state index in [1.54, 1.807) is 31.2 Å². The predicted octanol–water partition coefficient (Wildman–Crippen LogP) is 0.318. The summed E-state index contributed by atoms with van der Waals surface area (Å²) in [5, 5.41) is 5.62. The number of carbonyl (C=O) groups is 1. The van der Waals surface area contributed by atoms with Crippen LogP contribution in [0.2, 0.25) is 0 Å². The zero-order valence-corrected chi connectivity index (χ0v) is 12.3. The Bertz CT molecular complexity index is 600. The second kappa shape index (κ2) is 7.08. The molecule has 0 aliphatic carbocycles. The van der Waals surface area contributed by atoms with E-state index in [-0.39, 0.29) is 23.4 Å². The summed E-state index contributed by atoms with van der Waals surface area (Å²) in [6, 6.07) is 6.16. The smallest absolute Gasteiger partial charge is 0.237 e. The molecule has 0 bridgehead atoms. The first-order chi connectivity index (χ1) is 9.34. The average molecular weight is 294 g/mol. The van der Waals surface area contributed by atoms with Crippen LogP contribution in [0.5, 0.6) is 0 Å². The quantitative estimate of drug-likeness (QED) is 0.741. The van der Waals surface area contributed by atoms with Gasteiger partial charge in [-0.3, -0.25) is 4.79 Å². The summed E-state index contributed by atoms with van der Waals surface area (Å²) in [6.45, 7) is 2.40. The Labute approximate surface area is 119 Å². The molecule has 0 spiro atoms. The predicted molar refractivity (Wildman–Crippen MR) is 77.7 cm³/mol. The number of hydrogen-bond donors (Lipinski definition) is 2. The van der Waals surface area contributed by atoms with Crippen LogP contribution in [0.3, 0.4) is 0 Å². The Kier molecular flexibility index (Phi) is 5.74. The van der Waals surface area contributed by atoms with E-state index < -0.39 is 9.84 Å². The number of hydrogen-bond acceptors (Lipinski definition) is 4. The molecule has 6 heteroatoms. The fraction of sp³-hybridized carbons (Fsp3) is 0.357. The fourth-order valence-corrected chi connectivity index (χ4v) is 2.14. The molecular weight excluding hydrogens is 276 g/mol. The van der Waals surface area contributed by atoms with Crippen LogP contribution in [0.1, 0.15) is 12.5 Å². The van der Waals surface area contributed by atoms with Gasteiger partial charge in [-0.05, 0) is 24.6 Å².